The van der Waals surface area contributed by atoms with Gasteiger partial charge < -0.3 is 5.73 Å². The third-order valence-electron chi connectivity index (χ3n) is 6.33. The SMILES string of the molecule is C[C@@]1(c2cc(CC(=O)c3ccc(F)cn3)ccc2F)CS(=O)(=O)[C@@](C)(c2ccc(F)cc2)C(N)=N1. The zero-order valence-electron chi connectivity index (χ0n) is 18.9. The van der Waals surface area contributed by atoms with Gasteiger partial charge in [0.05, 0.1) is 11.9 Å². The molecule has 182 valence electrons. The van der Waals surface area contributed by atoms with Crippen molar-refractivity contribution in [3.8, 4) is 0 Å². The largest absolute Gasteiger partial charge is 0.386 e. The Morgan fingerprint density at radius 1 is 1.00 bits per heavy atom. The van der Waals surface area contributed by atoms with Crippen LogP contribution >= 0.6 is 0 Å². The average molecular weight is 502 g/mol. The van der Waals surface area contributed by atoms with Crippen LogP contribution in [0.3, 0.4) is 0 Å². The van der Waals surface area contributed by atoms with E-state index >= 15 is 0 Å². The summed E-state index contributed by atoms with van der Waals surface area (Å²) in [5.74, 6) is -3.07. The van der Waals surface area contributed by atoms with Crippen LogP contribution in [0.25, 0.3) is 0 Å². The number of nitrogens with two attached hydrogens (primary N) is 1. The van der Waals surface area contributed by atoms with Crippen molar-refractivity contribution in [3.05, 3.63) is 101 Å². The standard InChI is InChI=1S/C25H22F3N3O3S/c1-24(14-35(33,34)25(2,23(29)31-24)16-4-6-17(26)7-5-16)19-11-15(3-9-20(19)28)12-22(32)21-10-8-18(27)13-30-21/h3-11,13H,12,14H2,1-2H3,(H2,29,31)/t24-,25-/m0/s1. The van der Waals surface area contributed by atoms with Gasteiger partial charge in [0.15, 0.2) is 20.4 Å². The van der Waals surface area contributed by atoms with Crippen LogP contribution in [-0.2, 0) is 26.5 Å². The van der Waals surface area contributed by atoms with Crippen molar-refractivity contribution in [3.63, 3.8) is 0 Å². The van der Waals surface area contributed by atoms with Gasteiger partial charge in [0.25, 0.3) is 0 Å². The number of aliphatic imine (C=N–C) groups is 1. The molecule has 2 aromatic carbocycles. The lowest BCUT2D eigenvalue weighted by Crippen LogP contribution is -2.54. The molecule has 1 aromatic heterocycles. The van der Waals surface area contributed by atoms with Crippen LogP contribution in [0.5, 0.6) is 0 Å². The minimum atomic E-state index is -4.05. The summed E-state index contributed by atoms with van der Waals surface area (Å²) in [5, 5.41) is 0. The van der Waals surface area contributed by atoms with Gasteiger partial charge in [-0.15, -0.1) is 0 Å². The summed E-state index contributed by atoms with van der Waals surface area (Å²) in [6.45, 7) is 2.84. The van der Waals surface area contributed by atoms with Gasteiger partial charge in [0, 0.05) is 12.0 Å². The minimum absolute atomic E-state index is 0.0393. The van der Waals surface area contributed by atoms with Crippen molar-refractivity contribution in [2.24, 2.45) is 10.7 Å². The van der Waals surface area contributed by atoms with E-state index in [0.29, 0.717) is 5.56 Å². The molecular weight excluding hydrogens is 479 g/mol. The highest BCUT2D eigenvalue weighted by atomic mass is 32.2. The van der Waals surface area contributed by atoms with Crippen molar-refractivity contribution in [1.82, 2.24) is 4.98 Å². The molecule has 0 fully saturated rings. The maximum absolute atomic E-state index is 15.0. The van der Waals surface area contributed by atoms with Crippen LogP contribution in [0, 0.1) is 17.5 Å². The molecule has 2 N–H and O–H groups in total. The van der Waals surface area contributed by atoms with Crippen LogP contribution in [0.15, 0.2) is 65.8 Å². The van der Waals surface area contributed by atoms with Gasteiger partial charge in [-0.1, -0.05) is 18.2 Å². The van der Waals surface area contributed by atoms with Crippen molar-refractivity contribution < 1.29 is 26.4 Å². The van der Waals surface area contributed by atoms with E-state index in [1.165, 1.54) is 44.2 Å². The lowest BCUT2D eigenvalue weighted by molar-refractivity contribution is 0.0988. The van der Waals surface area contributed by atoms with Crippen molar-refractivity contribution >= 4 is 21.5 Å². The number of rotatable bonds is 5. The van der Waals surface area contributed by atoms with Crippen LogP contribution in [0.1, 0.15) is 41.0 Å². The predicted molar refractivity (Wildman–Crippen MR) is 125 cm³/mol. The third kappa shape index (κ3) is 4.34. The molecule has 0 saturated carbocycles. The van der Waals surface area contributed by atoms with E-state index in [4.69, 9.17) is 5.73 Å². The fourth-order valence-electron chi connectivity index (χ4n) is 4.22. The number of carbonyl (C=O) groups is 1. The minimum Gasteiger partial charge on any atom is -0.386 e. The van der Waals surface area contributed by atoms with Crippen molar-refractivity contribution in [2.45, 2.75) is 30.6 Å². The van der Waals surface area contributed by atoms with Gasteiger partial charge in [-0.25, -0.2) is 21.6 Å². The van der Waals surface area contributed by atoms with Gasteiger partial charge in [0.1, 0.15) is 34.5 Å². The first kappa shape index (κ1) is 24.6. The third-order valence-corrected chi connectivity index (χ3v) is 8.96. The molecule has 0 spiro atoms. The molecule has 35 heavy (non-hydrogen) atoms. The molecule has 0 aliphatic carbocycles. The first-order valence-electron chi connectivity index (χ1n) is 10.6. The fourth-order valence-corrected chi connectivity index (χ4v) is 6.33. The quantitative estimate of drug-likeness (QED) is 0.535. The van der Waals surface area contributed by atoms with Gasteiger partial charge >= 0.3 is 0 Å². The Morgan fingerprint density at radius 2 is 1.66 bits per heavy atom. The second-order valence-electron chi connectivity index (χ2n) is 8.85. The Bertz CT molecular complexity index is 1440. The highest BCUT2D eigenvalue weighted by molar-refractivity contribution is 7.93. The predicted octanol–water partition coefficient (Wildman–Crippen LogP) is 3.84. The number of carbonyl (C=O) groups excluding carboxylic acids is 1. The number of benzene rings is 2. The van der Waals surface area contributed by atoms with E-state index in [1.54, 1.807) is 0 Å². The van der Waals surface area contributed by atoms with Crippen LogP contribution < -0.4 is 5.73 Å². The number of aromatic nitrogens is 1. The van der Waals surface area contributed by atoms with Gasteiger partial charge in [-0.3, -0.25) is 14.8 Å². The molecule has 0 unspecified atom stereocenters. The molecule has 0 radical (unpaired) electrons. The summed E-state index contributed by atoms with van der Waals surface area (Å²) in [5.41, 5.74) is 5.27. The summed E-state index contributed by atoms with van der Waals surface area (Å²) in [7, 11) is -4.05. The molecule has 1 aliphatic heterocycles. The molecule has 3 aromatic rings. The van der Waals surface area contributed by atoms with E-state index < -0.39 is 49.1 Å². The molecule has 0 bridgehead atoms. The number of hydrogen-bond acceptors (Lipinski definition) is 6. The van der Waals surface area contributed by atoms with Crippen LogP contribution in [0.4, 0.5) is 13.2 Å². The molecule has 2 atom stereocenters. The number of pyridine rings is 1. The molecule has 0 saturated heterocycles. The highest BCUT2D eigenvalue weighted by Gasteiger charge is 2.53. The Hall–Kier alpha value is -3.53. The van der Waals surface area contributed by atoms with Crippen LogP contribution in [0.2, 0.25) is 0 Å². The monoisotopic (exact) mass is 501 g/mol. The summed E-state index contributed by atoms with van der Waals surface area (Å²) in [6.07, 6.45) is 0.758. The molecular formula is C25H22F3N3O3S. The second kappa shape index (κ2) is 8.60. The number of hydrogen-bond donors (Lipinski definition) is 1. The normalized spacial score (nSPS) is 23.5. The lowest BCUT2D eigenvalue weighted by Gasteiger charge is -2.40. The number of halogens is 3. The number of ketones is 1. The summed E-state index contributed by atoms with van der Waals surface area (Å²) in [4.78, 5) is 20.7. The molecule has 2 heterocycles. The van der Waals surface area contributed by atoms with Gasteiger partial charge in [-0.05, 0) is 61.4 Å². The van der Waals surface area contributed by atoms with Crippen LogP contribution in [-0.4, -0.2) is 30.8 Å². The van der Waals surface area contributed by atoms with Gasteiger partial charge in [-0.2, -0.15) is 0 Å². The van der Waals surface area contributed by atoms with Gasteiger partial charge in [0.2, 0.25) is 0 Å². The summed E-state index contributed by atoms with van der Waals surface area (Å²) >= 11 is 0. The number of nitrogens with zero attached hydrogens (tertiary/aromatic N) is 2. The zero-order chi connectivity index (χ0) is 25.6. The topological polar surface area (TPSA) is 102 Å². The van der Waals surface area contributed by atoms with E-state index in [-0.39, 0.29) is 29.1 Å². The molecule has 0 amide bonds. The molecule has 6 nitrogen and oxygen atoms in total. The Balaban J connectivity index is 1.73. The first-order chi connectivity index (χ1) is 16.4. The molecule has 4 rings (SSSR count). The Morgan fingerprint density at radius 3 is 2.26 bits per heavy atom. The van der Waals surface area contributed by atoms with E-state index in [1.807, 2.05) is 0 Å². The zero-order valence-corrected chi connectivity index (χ0v) is 19.7. The Kier molecular flexibility index (Phi) is 6.04. The smallest absolute Gasteiger partial charge is 0.185 e. The fraction of sp³-hybridized carbons (Fsp3) is 0.240. The average Bonchev–Trinajstić information content (AvgIpc) is 2.79. The molecule has 10 heteroatoms. The number of Topliss-reactive ketones (excluding diaryl/α,β-unsaturated/α-hetero) is 1. The second-order valence-corrected chi connectivity index (χ2v) is 11.2. The maximum atomic E-state index is 15.0. The maximum Gasteiger partial charge on any atom is 0.185 e. The lowest BCUT2D eigenvalue weighted by atomic mass is 9.90. The summed E-state index contributed by atoms with van der Waals surface area (Å²) in [6, 6.07) is 11.2. The number of sulfone groups is 1. The van der Waals surface area contributed by atoms with Crippen molar-refractivity contribution in [2.75, 3.05) is 5.75 Å². The van der Waals surface area contributed by atoms with Crippen molar-refractivity contribution in [1.29, 1.82) is 0 Å². The van der Waals surface area contributed by atoms with E-state index in [2.05, 4.69) is 9.98 Å². The highest BCUT2D eigenvalue weighted by Crippen LogP contribution is 2.42. The summed E-state index contributed by atoms with van der Waals surface area (Å²) < 4.78 is 66.8. The van der Waals surface area contributed by atoms with E-state index in [0.717, 1.165) is 30.5 Å². The Labute approximate surface area is 200 Å². The first-order valence-corrected chi connectivity index (χ1v) is 12.3. The molecule has 1 aliphatic rings. The number of amidine groups is 1. The van der Waals surface area contributed by atoms with E-state index in [9.17, 15) is 26.4 Å².